The van der Waals surface area contributed by atoms with Gasteiger partial charge < -0.3 is 14.7 Å². The van der Waals surface area contributed by atoms with Crippen molar-refractivity contribution in [3.8, 4) is 5.75 Å². The number of methoxy groups -OCH3 is 1. The van der Waals surface area contributed by atoms with E-state index < -0.39 is 23.5 Å². The van der Waals surface area contributed by atoms with Crippen molar-refractivity contribution in [2.24, 2.45) is 0 Å². The topological polar surface area (TPSA) is 66.8 Å². The Morgan fingerprint density at radius 2 is 1.66 bits per heavy atom. The summed E-state index contributed by atoms with van der Waals surface area (Å²) in [5.41, 5.74) is 2.75. The fourth-order valence-electron chi connectivity index (χ4n) is 4.29. The summed E-state index contributed by atoms with van der Waals surface area (Å²) < 4.78 is 18.8. The third-order valence-corrected chi connectivity index (χ3v) is 6.24. The molecule has 180 valence electrons. The zero-order valence-corrected chi connectivity index (χ0v) is 20.2. The minimum Gasteiger partial charge on any atom is -0.507 e. The summed E-state index contributed by atoms with van der Waals surface area (Å²) in [6, 6.07) is 19.4. The Labute approximate surface area is 204 Å². The molecule has 35 heavy (non-hydrogen) atoms. The van der Waals surface area contributed by atoms with E-state index in [2.05, 4.69) is 20.8 Å². The highest BCUT2D eigenvalue weighted by atomic mass is 19.1. The molecule has 3 aromatic rings. The van der Waals surface area contributed by atoms with E-state index in [0.717, 1.165) is 11.1 Å². The van der Waals surface area contributed by atoms with E-state index in [1.54, 1.807) is 19.2 Å². The largest absolute Gasteiger partial charge is 0.507 e. The summed E-state index contributed by atoms with van der Waals surface area (Å²) in [5, 5.41) is 11.1. The molecule has 1 unspecified atom stereocenters. The lowest BCUT2D eigenvalue weighted by Gasteiger charge is -2.26. The van der Waals surface area contributed by atoms with Crippen LogP contribution in [0.15, 0.2) is 78.4 Å². The van der Waals surface area contributed by atoms with Gasteiger partial charge in [-0.25, -0.2) is 4.39 Å². The Morgan fingerprint density at radius 1 is 1.00 bits per heavy atom. The number of nitrogens with zero attached hydrogens (tertiary/aromatic N) is 1. The maximum atomic E-state index is 13.5. The van der Waals surface area contributed by atoms with Crippen LogP contribution >= 0.6 is 0 Å². The first-order valence-electron chi connectivity index (χ1n) is 11.4. The summed E-state index contributed by atoms with van der Waals surface area (Å²) in [7, 11) is 1.56. The molecule has 0 aromatic heterocycles. The van der Waals surface area contributed by atoms with E-state index >= 15 is 0 Å². The molecule has 1 aliphatic heterocycles. The zero-order valence-electron chi connectivity index (χ0n) is 20.2. The van der Waals surface area contributed by atoms with Gasteiger partial charge in [-0.1, -0.05) is 57.2 Å². The molecule has 4 rings (SSSR count). The van der Waals surface area contributed by atoms with Gasteiger partial charge in [0.15, 0.2) is 0 Å². The number of hydrogen-bond donors (Lipinski definition) is 1. The third-order valence-electron chi connectivity index (χ3n) is 6.24. The second kappa shape index (κ2) is 9.37. The number of ether oxygens (including phenoxy) is 1. The summed E-state index contributed by atoms with van der Waals surface area (Å²) in [4.78, 5) is 27.9. The smallest absolute Gasteiger partial charge is 0.295 e. The molecule has 5 nitrogen and oxygen atoms in total. The molecule has 3 aromatic carbocycles. The number of carbonyl (C=O) groups excluding carboxylic acids is 2. The number of halogens is 1. The van der Waals surface area contributed by atoms with Gasteiger partial charge in [-0.3, -0.25) is 9.59 Å². The van der Waals surface area contributed by atoms with E-state index in [1.165, 1.54) is 29.2 Å². The predicted octanol–water partition coefficient (Wildman–Crippen LogP) is 5.75. The lowest BCUT2D eigenvalue weighted by molar-refractivity contribution is -0.140. The number of likely N-dealkylation sites (tertiary alicyclic amines) is 1. The van der Waals surface area contributed by atoms with Crippen LogP contribution in [0.2, 0.25) is 0 Å². The Balaban J connectivity index is 1.84. The fourth-order valence-corrected chi connectivity index (χ4v) is 4.29. The average Bonchev–Trinajstić information content (AvgIpc) is 3.08. The maximum absolute atomic E-state index is 13.5. The van der Waals surface area contributed by atoms with Crippen molar-refractivity contribution in [1.82, 2.24) is 4.90 Å². The molecule has 1 aliphatic rings. The van der Waals surface area contributed by atoms with E-state index in [-0.39, 0.29) is 28.9 Å². The number of amides is 1. The van der Waals surface area contributed by atoms with Crippen LogP contribution < -0.4 is 4.74 Å². The molecule has 1 N–H and O–H groups in total. The minimum absolute atomic E-state index is 0.0204. The molecule has 0 bridgehead atoms. The first-order chi connectivity index (χ1) is 16.6. The molecule has 0 spiro atoms. The monoisotopic (exact) mass is 473 g/mol. The van der Waals surface area contributed by atoms with E-state index in [9.17, 15) is 19.1 Å². The normalized spacial score (nSPS) is 17.6. The predicted molar refractivity (Wildman–Crippen MR) is 132 cm³/mol. The van der Waals surface area contributed by atoms with Crippen LogP contribution in [0, 0.1) is 5.82 Å². The standard InChI is InChI=1S/C29H28FNO4/c1-29(2,3)21-12-8-19(9-13-21)25-24(26(32)20-10-14-22(30)15-11-20)27(33)28(34)31(25)17-18-6-5-7-23(16-18)35-4/h5-16,25,32H,17H2,1-4H3/b26-24-. The van der Waals surface area contributed by atoms with Crippen LogP contribution in [0.3, 0.4) is 0 Å². The number of aliphatic hydroxyl groups excluding tert-OH is 1. The van der Waals surface area contributed by atoms with E-state index in [1.807, 2.05) is 36.4 Å². The second-order valence-electron chi connectivity index (χ2n) is 9.66. The van der Waals surface area contributed by atoms with Gasteiger partial charge in [0.2, 0.25) is 0 Å². The fraction of sp³-hybridized carbons (Fsp3) is 0.241. The molecule has 1 fully saturated rings. The highest BCUT2D eigenvalue weighted by Gasteiger charge is 2.46. The Bertz CT molecular complexity index is 1290. The maximum Gasteiger partial charge on any atom is 0.295 e. The SMILES string of the molecule is COc1cccc(CN2C(=O)C(=O)/C(=C(\O)c3ccc(F)cc3)C2c2ccc(C(C)(C)C)cc2)c1. The number of ketones is 1. The van der Waals surface area contributed by atoms with Gasteiger partial charge in [0.1, 0.15) is 17.3 Å². The molecule has 0 radical (unpaired) electrons. The Kier molecular flexibility index (Phi) is 6.48. The molecule has 0 saturated carbocycles. The summed E-state index contributed by atoms with van der Waals surface area (Å²) in [6.07, 6.45) is 0. The van der Waals surface area contributed by atoms with Gasteiger partial charge in [0, 0.05) is 12.1 Å². The quantitative estimate of drug-likeness (QED) is 0.291. The first kappa shape index (κ1) is 24.2. The summed E-state index contributed by atoms with van der Waals surface area (Å²) >= 11 is 0. The molecule has 1 atom stereocenters. The van der Waals surface area contributed by atoms with Gasteiger partial charge >= 0.3 is 0 Å². The molecule has 0 aliphatic carbocycles. The van der Waals surface area contributed by atoms with Crippen molar-refractivity contribution in [2.75, 3.05) is 7.11 Å². The van der Waals surface area contributed by atoms with Crippen LogP contribution in [-0.4, -0.2) is 28.8 Å². The Hall–Kier alpha value is -3.93. The van der Waals surface area contributed by atoms with Crippen LogP contribution in [0.4, 0.5) is 4.39 Å². The molecule has 1 heterocycles. The first-order valence-corrected chi connectivity index (χ1v) is 11.4. The van der Waals surface area contributed by atoms with Crippen molar-refractivity contribution in [2.45, 2.75) is 38.8 Å². The van der Waals surface area contributed by atoms with Gasteiger partial charge in [-0.2, -0.15) is 0 Å². The van der Waals surface area contributed by atoms with Crippen LogP contribution in [0.1, 0.15) is 49.1 Å². The van der Waals surface area contributed by atoms with Gasteiger partial charge in [-0.05, 0) is 58.5 Å². The lowest BCUT2D eigenvalue weighted by atomic mass is 9.85. The summed E-state index contributed by atoms with van der Waals surface area (Å²) in [5.74, 6) is -1.65. The average molecular weight is 474 g/mol. The van der Waals surface area contributed by atoms with Crippen LogP contribution in [0.5, 0.6) is 5.75 Å². The van der Waals surface area contributed by atoms with Gasteiger partial charge in [0.05, 0.1) is 18.7 Å². The van der Waals surface area contributed by atoms with Crippen molar-refractivity contribution < 1.29 is 23.8 Å². The van der Waals surface area contributed by atoms with Crippen molar-refractivity contribution in [3.63, 3.8) is 0 Å². The second-order valence-corrected chi connectivity index (χ2v) is 9.66. The molecule has 1 saturated heterocycles. The van der Waals surface area contributed by atoms with E-state index in [0.29, 0.717) is 11.3 Å². The molecule has 1 amide bonds. The highest BCUT2D eigenvalue weighted by Crippen LogP contribution is 2.41. The Morgan fingerprint density at radius 3 is 2.26 bits per heavy atom. The third kappa shape index (κ3) is 4.83. The van der Waals surface area contributed by atoms with Crippen molar-refractivity contribution in [3.05, 3.63) is 106 Å². The van der Waals surface area contributed by atoms with Crippen LogP contribution in [0.25, 0.3) is 5.76 Å². The summed E-state index contributed by atoms with van der Waals surface area (Å²) in [6.45, 7) is 6.45. The van der Waals surface area contributed by atoms with Crippen LogP contribution in [-0.2, 0) is 21.5 Å². The van der Waals surface area contributed by atoms with Crippen molar-refractivity contribution >= 4 is 17.4 Å². The number of rotatable bonds is 5. The van der Waals surface area contributed by atoms with Crippen molar-refractivity contribution in [1.29, 1.82) is 0 Å². The molecule has 6 heteroatoms. The van der Waals surface area contributed by atoms with Gasteiger partial charge in [-0.15, -0.1) is 0 Å². The highest BCUT2D eigenvalue weighted by molar-refractivity contribution is 6.46. The number of aliphatic hydroxyl groups is 1. The minimum atomic E-state index is -0.805. The number of hydrogen-bond acceptors (Lipinski definition) is 4. The lowest BCUT2D eigenvalue weighted by Crippen LogP contribution is -2.29. The number of Topliss-reactive ketones (excluding diaryl/α,β-unsaturated/α-hetero) is 1. The number of benzene rings is 3. The molecular weight excluding hydrogens is 445 g/mol. The number of carbonyl (C=O) groups is 2. The molecular formula is C29H28FNO4. The van der Waals surface area contributed by atoms with Gasteiger partial charge in [0.25, 0.3) is 11.7 Å². The zero-order chi connectivity index (χ0) is 25.3. The van der Waals surface area contributed by atoms with E-state index in [4.69, 9.17) is 4.74 Å².